The van der Waals surface area contributed by atoms with Gasteiger partial charge in [0.1, 0.15) is 12.4 Å². The van der Waals surface area contributed by atoms with Crippen LogP contribution in [0, 0.1) is 0 Å². The van der Waals surface area contributed by atoms with Gasteiger partial charge in [-0.25, -0.2) is 0 Å². The zero-order valence-corrected chi connectivity index (χ0v) is 10.8. The summed E-state index contributed by atoms with van der Waals surface area (Å²) in [7, 11) is 0. The van der Waals surface area contributed by atoms with E-state index in [2.05, 4.69) is 15.9 Å². The predicted octanol–water partition coefficient (Wildman–Crippen LogP) is 4.80. The van der Waals surface area contributed by atoms with Crippen LogP contribution in [0.4, 0.5) is 0 Å². The van der Waals surface area contributed by atoms with Crippen LogP contribution >= 0.6 is 50.7 Å². The van der Waals surface area contributed by atoms with E-state index in [4.69, 9.17) is 39.5 Å². The van der Waals surface area contributed by atoms with E-state index < -0.39 is 0 Å². The maximum atomic E-state index is 5.88. The number of rotatable bonds is 3. The predicted molar refractivity (Wildman–Crippen MR) is 64.4 cm³/mol. The molecule has 0 aliphatic heterocycles. The lowest BCUT2D eigenvalue weighted by Gasteiger charge is -2.07. The smallest absolute Gasteiger partial charge is 0.139 e. The number of halogens is 4. The molecule has 0 saturated carbocycles. The Labute approximate surface area is 106 Å². The summed E-state index contributed by atoms with van der Waals surface area (Å²) >= 11 is 20.2. The summed E-state index contributed by atoms with van der Waals surface area (Å²) in [4.78, 5) is 0. The van der Waals surface area contributed by atoms with Crippen molar-refractivity contribution < 1.29 is 4.74 Å². The largest absolute Gasteiger partial charge is 0.486 e. The van der Waals surface area contributed by atoms with Crippen LogP contribution in [0.1, 0.15) is 0 Å². The Morgan fingerprint density at radius 1 is 1.50 bits per heavy atom. The molecule has 0 bridgehead atoms. The third-order valence-electron chi connectivity index (χ3n) is 1.38. The monoisotopic (exact) mass is 314 g/mol. The van der Waals surface area contributed by atoms with Gasteiger partial charge in [0.2, 0.25) is 0 Å². The van der Waals surface area contributed by atoms with E-state index in [1.165, 1.54) is 5.54 Å². The molecule has 5 heteroatoms. The Morgan fingerprint density at radius 3 is 2.86 bits per heavy atom. The molecule has 0 aliphatic carbocycles. The van der Waals surface area contributed by atoms with Crippen LogP contribution in [0.5, 0.6) is 5.75 Å². The van der Waals surface area contributed by atoms with E-state index in [9.17, 15) is 0 Å². The van der Waals surface area contributed by atoms with Gasteiger partial charge >= 0.3 is 0 Å². The summed E-state index contributed by atoms with van der Waals surface area (Å²) in [5.41, 5.74) is 1.26. The van der Waals surface area contributed by atoms with Crippen molar-refractivity contribution >= 4 is 50.7 Å². The molecule has 76 valence electrons. The van der Waals surface area contributed by atoms with Crippen molar-refractivity contribution in [3.63, 3.8) is 0 Å². The van der Waals surface area contributed by atoms with Crippen molar-refractivity contribution in [2.24, 2.45) is 0 Å². The van der Waals surface area contributed by atoms with Crippen molar-refractivity contribution in [2.45, 2.75) is 0 Å². The maximum absolute atomic E-state index is 5.88. The lowest BCUT2D eigenvalue weighted by molar-refractivity contribution is 0.359. The maximum Gasteiger partial charge on any atom is 0.139 e. The summed E-state index contributed by atoms with van der Waals surface area (Å²) in [6.45, 7) is 0.210. The molecule has 0 saturated heterocycles. The van der Waals surface area contributed by atoms with Crippen molar-refractivity contribution in [2.75, 3.05) is 6.61 Å². The molecule has 1 nitrogen and oxygen atoms in total. The van der Waals surface area contributed by atoms with Crippen molar-refractivity contribution in [3.05, 3.63) is 38.3 Å². The Hall–Kier alpha value is 0.110. The fourth-order valence-corrected chi connectivity index (χ4v) is 1.40. The highest BCUT2D eigenvalue weighted by Gasteiger charge is 2.02. The molecule has 14 heavy (non-hydrogen) atoms. The van der Waals surface area contributed by atoms with Gasteiger partial charge in [-0.1, -0.05) is 50.7 Å². The van der Waals surface area contributed by atoms with E-state index in [-0.39, 0.29) is 6.61 Å². The lowest BCUT2D eigenvalue weighted by Crippen LogP contribution is -1.97. The first kappa shape index (κ1) is 12.2. The summed E-state index contributed by atoms with van der Waals surface area (Å²) in [6.07, 6.45) is 0. The van der Waals surface area contributed by atoms with E-state index >= 15 is 0 Å². The molecule has 0 unspecified atom stereocenters. The minimum absolute atomic E-state index is 0.210. The molecule has 0 spiro atoms. The van der Waals surface area contributed by atoms with Crippen LogP contribution < -0.4 is 4.74 Å². The van der Waals surface area contributed by atoms with Gasteiger partial charge in [-0.05, 0) is 18.2 Å². The van der Waals surface area contributed by atoms with Crippen molar-refractivity contribution in [1.82, 2.24) is 0 Å². The zero-order chi connectivity index (χ0) is 10.6. The lowest BCUT2D eigenvalue weighted by atomic mass is 10.3. The number of hydrogen-bond acceptors (Lipinski definition) is 1. The Balaban J connectivity index is 2.71. The van der Waals surface area contributed by atoms with Crippen LogP contribution in [0.15, 0.2) is 33.2 Å². The van der Waals surface area contributed by atoms with Gasteiger partial charge in [0.05, 0.1) is 10.1 Å². The molecule has 0 fully saturated rings. The molecule has 0 atom stereocenters. The molecule has 0 aliphatic rings. The standard InChI is InChI=1S/C9H6BrCl3O/c10-6-1-2-8(13)9(3-6)14-5-7(12)4-11/h1-4H,5H2. The van der Waals surface area contributed by atoms with Crippen LogP contribution in [0.2, 0.25) is 5.02 Å². The van der Waals surface area contributed by atoms with Gasteiger partial charge in [0.15, 0.2) is 0 Å². The third kappa shape index (κ3) is 3.70. The number of ether oxygens (including phenoxy) is 1. The Kier molecular flexibility index (Phi) is 5.10. The van der Waals surface area contributed by atoms with E-state index in [0.29, 0.717) is 15.8 Å². The fraction of sp³-hybridized carbons (Fsp3) is 0.111. The van der Waals surface area contributed by atoms with Crippen molar-refractivity contribution in [3.8, 4) is 5.75 Å². The van der Waals surface area contributed by atoms with Crippen LogP contribution in [-0.2, 0) is 0 Å². The quantitative estimate of drug-likeness (QED) is 0.778. The first-order chi connectivity index (χ1) is 6.63. The van der Waals surface area contributed by atoms with Gasteiger partial charge < -0.3 is 4.74 Å². The van der Waals surface area contributed by atoms with Gasteiger partial charge in [-0.3, -0.25) is 0 Å². The fourth-order valence-electron chi connectivity index (χ4n) is 0.766. The first-order valence-electron chi connectivity index (χ1n) is 3.66. The SMILES string of the molecule is ClC=C(Cl)COc1cc(Br)ccc1Cl. The molecule has 1 aromatic carbocycles. The zero-order valence-electron chi connectivity index (χ0n) is 6.94. The van der Waals surface area contributed by atoms with Crippen LogP contribution in [0.3, 0.4) is 0 Å². The van der Waals surface area contributed by atoms with Gasteiger partial charge in [0, 0.05) is 10.0 Å². The van der Waals surface area contributed by atoms with E-state index in [1.54, 1.807) is 12.1 Å². The second-order valence-electron chi connectivity index (χ2n) is 2.42. The molecule has 0 heterocycles. The summed E-state index contributed by atoms with van der Waals surface area (Å²) in [5.74, 6) is 0.567. The number of benzene rings is 1. The molecular formula is C9H6BrCl3O. The molecule has 0 radical (unpaired) electrons. The molecular weight excluding hydrogens is 310 g/mol. The highest BCUT2D eigenvalue weighted by Crippen LogP contribution is 2.28. The average Bonchev–Trinajstić information content (AvgIpc) is 2.19. The molecule has 0 amide bonds. The molecule has 1 rings (SSSR count). The van der Waals surface area contributed by atoms with Gasteiger partial charge in [-0.15, -0.1) is 0 Å². The molecule has 0 N–H and O–H groups in total. The first-order valence-corrected chi connectivity index (χ1v) is 5.64. The normalized spacial score (nSPS) is 11.6. The Bertz CT molecular complexity index is 352. The van der Waals surface area contributed by atoms with Crippen LogP contribution in [-0.4, -0.2) is 6.61 Å². The highest BCUT2D eigenvalue weighted by molar-refractivity contribution is 9.10. The topological polar surface area (TPSA) is 9.23 Å². The van der Waals surface area contributed by atoms with E-state index in [0.717, 1.165) is 4.47 Å². The Morgan fingerprint density at radius 2 is 2.21 bits per heavy atom. The summed E-state index contributed by atoms with van der Waals surface area (Å²) in [6, 6.07) is 5.33. The second-order valence-corrected chi connectivity index (χ2v) is 4.45. The average molecular weight is 316 g/mol. The highest BCUT2D eigenvalue weighted by atomic mass is 79.9. The molecule has 0 aromatic heterocycles. The van der Waals surface area contributed by atoms with Gasteiger partial charge in [-0.2, -0.15) is 0 Å². The van der Waals surface area contributed by atoms with E-state index in [1.807, 2.05) is 6.07 Å². The minimum atomic E-state index is 0.210. The van der Waals surface area contributed by atoms with Crippen molar-refractivity contribution in [1.29, 1.82) is 0 Å². The summed E-state index contributed by atoms with van der Waals surface area (Å²) in [5, 5.41) is 0.954. The minimum Gasteiger partial charge on any atom is -0.486 e. The molecule has 1 aromatic rings. The van der Waals surface area contributed by atoms with Gasteiger partial charge in [0.25, 0.3) is 0 Å². The summed E-state index contributed by atoms with van der Waals surface area (Å²) < 4.78 is 6.22. The third-order valence-corrected chi connectivity index (χ3v) is 2.78. The number of hydrogen-bond donors (Lipinski definition) is 0. The van der Waals surface area contributed by atoms with Crippen LogP contribution in [0.25, 0.3) is 0 Å². The second kappa shape index (κ2) is 5.86.